The molecule has 1 saturated heterocycles. The smallest absolute Gasteiger partial charge is 0.125 e. The van der Waals surface area contributed by atoms with Crippen LogP contribution < -0.4 is 5.32 Å². The zero-order chi connectivity index (χ0) is 13.0. The van der Waals surface area contributed by atoms with Gasteiger partial charge >= 0.3 is 0 Å². The summed E-state index contributed by atoms with van der Waals surface area (Å²) in [6.45, 7) is 3.41. The summed E-state index contributed by atoms with van der Waals surface area (Å²) in [4.78, 5) is 9.23. The summed E-state index contributed by atoms with van der Waals surface area (Å²) in [6.07, 6.45) is 4.52. The molecule has 1 aromatic rings. The SMILES string of the molecule is CNc1ccc(CN2CCC(N(C)C)CC2)cn1. The van der Waals surface area contributed by atoms with Crippen molar-refractivity contribution in [3.05, 3.63) is 23.9 Å². The van der Waals surface area contributed by atoms with Gasteiger partial charge in [0.2, 0.25) is 0 Å². The van der Waals surface area contributed by atoms with Crippen LogP contribution >= 0.6 is 0 Å². The molecule has 18 heavy (non-hydrogen) atoms. The van der Waals surface area contributed by atoms with E-state index in [1.54, 1.807) is 0 Å². The van der Waals surface area contributed by atoms with Crippen LogP contribution in [0.25, 0.3) is 0 Å². The first-order valence-electron chi connectivity index (χ1n) is 6.70. The summed E-state index contributed by atoms with van der Waals surface area (Å²) in [7, 11) is 6.26. The molecule has 0 bridgehead atoms. The first kappa shape index (κ1) is 13.3. The van der Waals surface area contributed by atoms with Gasteiger partial charge in [-0.2, -0.15) is 0 Å². The highest BCUT2D eigenvalue weighted by molar-refractivity contribution is 5.34. The molecule has 2 rings (SSSR count). The van der Waals surface area contributed by atoms with Gasteiger partial charge in [-0.15, -0.1) is 0 Å². The van der Waals surface area contributed by atoms with Gasteiger partial charge in [-0.1, -0.05) is 6.07 Å². The fourth-order valence-corrected chi connectivity index (χ4v) is 2.52. The van der Waals surface area contributed by atoms with Crippen LogP contribution in [0.5, 0.6) is 0 Å². The summed E-state index contributed by atoms with van der Waals surface area (Å²) >= 11 is 0. The van der Waals surface area contributed by atoms with Crippen molar-refractivity contribution in [2.45, 2.75) is 25.4 Å². The molecule has 4 nitrogen and oxygen atoms in total. The first-order chi connectivity index (χ1) is 8.69. The van der Waals surface area contributed by atoms with Crippen molar-refractivity contribution in [1.29, 1.82) is 0 Å². The van der Waals surface area contributed by atoms with Crippen LogP contribution in [0.4, 0.5) is 5.82 Å². The lowest BCUT2D eigenvalue weighted by Crippen LogP contribution is -2.41. The minimum absolute atomic E-state index is 0.756. The Hall–Kier alpha value is -1.13. The molecule has 0 amide bonds. The minimum Gasteiger partial charge on any atom is -0.373 e. The number of anilines is 1. The molecule has 0 aliphatic carbocycles. The van der Waals surface area contributed by atoms with Crippen LogP contribution in [0.2, 0.25) is 0 Å². The van der Waals surface area contributed by atoms with Crippen molar-refractivity contribution in [3.8, 4) is 0 Å². The lowest BCUT2D eigenvalue weighted by molar-refractivity contribution is 0.140. The molecule has 2 heterocycles. The van der Waals surface area contributed by atoms with E-state index >= 15 is 0 Å². The number of nitrogens with one attached hydrogen (secondary N) is 1. The Morgan fingerprint density at radius 2 is 2.06 bits per heavy atom. The van der Waals surface area contributed by atoms with Gasteiger partial charge in [-0.05, 0) is 51.7 Å². The van der Waals surface area contributed by atoms with E-state index in [4.69, 9.17) is 0 Å². The number of hydrogen-bond acceptors (Lipinski definition) is 4. The molecule has 0 aromatic carbocycles. The molecule has 1 aliphatic rings. The summed E-state index contributed by atoms with van der Waals surface area (Å²) in [5.74, 6) is 0.935. The molecule has 100 valence electrons. The molecule has 1 fully saturated rings. The van der Waals surface area contributed by atoms with Crippen LogP contribution in [0.3, 0.4) is 0 Å². The van der Waals surface area contributed by atoms with Gasteiger partial charge < -0.3 is 10.2 Å². The molecule has 0 radical (unpaired) electrons. The predicted octanol–water partition coefficient (Wildman–Crippen LogP) is 1.65. The minimum atomic E-state index is 0.756. The molecule has 1 N–H and O–H groups in total. The number of rotatable bonds is 4. The maximum Gasteiger partial charge on any atom is 0.125 e. The number of nitrogens with zero attached hydrogens (tertiary/aromatic N) is 3. The van der Waals surface area contributed by atoms with Gasteiger partial charge in [-0.25, -0.2) is 4.98 Å². The highest BCUT2D eigenvalue weighted by atomic mass is 15.2. The number of piperidine rings is 1. The van der Waals surface area contributed by atoms with Crippen LogP contribution in [0, 0.1) is 0 Å². The Balaban J connectivity index is 1.83. The fraction of sp³-hybridized carbons (Fsp3) is 0.643. The highest BCUT2D eigenvalue weighted by Gasteiger charge is 2.20. The van der Waals surface area contributed by atoms with Crippen molar-refractivity contribution >= 4 is 5.82 Å². The Bertz CT molecular complexity index is 353. The van der Waals surface area contributed by atoms with Gasteiger partial charge in [0.25, 0.3) is 0 Å². The molecular weight excluding hydrogens is 224 g/mol. The van der Waals surface area contributed by atoms with Gasteiger partial charge in [0.05, 0.1) is 0 Å². The summed E-state index contributed by atoms with van der Waals surface area (Å²) in [5.41, 5.74) is 1.30. The second-order valence-electron chi connectivity index (χ2n) is 5.27. The Kier molecular flexibility index (Phi) is 4.55. The quantitative estimate of drug-likeness (QED) is 0.878. The topological polar surface area (TPSA) is 31.4 Å². The monoisotopic (exact) mass is 248 g/mol. The van der Waals surface area contributed by atoms with Crippen molar-refractivity contribution in [1.82, 2.24) is 14.8 Å². The lowest BCUT2D eigenvalue weighted by atomic mass is 10.0. The van der Waals surface area contributed by atoms with Crippen molar-refractivity contribution in [2.75, 3.05) is 39.5 Å². The molecule has 1 aromatic heterocycles. The largest absolute Gasteiger partial charge is 0.373 e. The molecule has 0 saturated carbocycles. The van der Waals surface area contributed by atoms with Crippen molar-refractivity contribution < 1.29 is 0 Å². The molecule has 0 spiro atoms. The maximum absolute atomic E-state index is 4.36. The second kappa shape index (κ2) is 6.16. The maximum atomic E-state index is 4.36. The normalized spacial score (nSPS) is 18.2. The van der Waals surface area contributed by atoms with E-state index in [1.165, 1.54) is 31.5 Å². The number of likely N-dealkylation sites (tertiary alicyclic amines) is 1. The van der Waals surface area contributed by atoms with Crippen LogP contribution in [0.15, 0.2) is 18.3 Å². The average Bonchev–Trinajstić information content (AvgIpc) is 2.40. The Morgan fingerprint density at radius 1 is 1.33 bits per heavy atom. The molecular formula is C14H24N4. The van der Waals surface area contributed by atoms with Crippen LogP contribution in [-0.4, -0.2) is 55.1 Å². The summed E-state index contributed by atoms with van der Waals surface area (Å²) in [6, 6.07) is 4.96. The van der Waals surface area contributed by atoms with Crippen molar-refractivity contribution in [3.63, 3.8) is 0 Å². The Morgan fingerprint density at radius 3 is 2.56 bits per heavy atom. The van der Waals surface area contributed by atoms with Crippen LogP contribution in [-0.2, 0) is 6.54 Å². The third-order valence-electron chi connectivity index (χ3n) is 3.77. The van der Waals surface area contributed by atoms with E-state index in [-0.39, 0.29) is 0 Å². The van der Waals surface area contributed by atoms with E-state index < -0.39 is 0 Å². The van der Waals surface area contributed by atoms with Gasteiger partial charge in [0, 0.05) is 25.8 Å². The van der Waals surface area contributed by atoms with Crippen LogP contribution in [0.1, 0.15) is 18.4 Å². The molecule has 1 aliphatic heterocycles. The fourth-order valence-electron chi connectivity index (χ4n) is 2.52. The number of pyridine rings is 1. The van der Waals surface area contributed by atoms with Gasteiger partial charge in [-0.3, -0.25) is 4.90 Å². The van der Waals surface area contributed by atoms with Gasteiger partial charge in [0.1, 0.15) is 5.82 Å². The van der Waals surface area contributed by atoms with E-state index in [0.29, 0.717) is 0 Å². The van der Waals surface area contributed by atoms with Crippen molar-refractivity contribution in [2.24, 2.45) is 0 Å². The molecule has 0 atom stereocenters. The molecule has 4 heteroatoms. The third kappa shape index (κ3) is 3.43. The predicted molar refractivity (Wildman–Crippen MR) is 75.8 cm³/mol. The number of hydrogen-bond donors (Lipinski definition) is 1. The Labute approximate surface area is 110 Å². The summed E-state index contributed by atoms with van der Waals surface area (Å²) < 4.78 is 0. The summed E-state index contributed by atoms with van der Waals surface area (Å²) in [5, 5.41) is 3.05. The standard InChI is InChI=1S/C14H24N4/c1-15-14-5-4-12(10-16-14)11-18-8-6-13(7-9-18)17(2)3/h4-5,10,13H,6-9,11H2,1-3H3,(H,15,16). The van der Waals surface area contributed by atoms with E-state index in [1.807, 2.05) is 19.3 Å². The first-order valence-corrected chi connectivity index (χ1v) is 6.70. The molecule has 0 unspecified atom stereocenters. The highest BCUT2D eigenvalue weighted by Crippen LogP contribution is 2.16. The zero-order valence-corrected chi connectivity index (χ0v) is 11.7. The van der Waals surface area contributed by atoms with E-state index in [0.717, 1.165) is 18.4 Å². The average molecular weight is 248 g/mol. The zero-order valence-electron chi connectivity index (χ0n) is 11.7. The van der Waals surface area contributed by atoms with E-state index in [9.17, 15) is 0 Å². The second-order valence-corrected chi connectivity index (χ2v) is 5.27. The van der Waals surface area contributed by atoms with E-state index in [2.05, 4.69) is 40.3 Å². The number of aromatic nitrogens is 1. The lowest BCUT2D eigenvalue weighted by Gasteiger charge is -2.35. The third-order valence-corrected chi connectivity index (χ3v) is 3.77. The van der Waals surface area contributed by atoms with Gasteiger partial charge in [0.15, 0.2) is 0 Å².